The number of carbonyl (C=O) groups excluding carboxylic acids is 1. The fraction of sp³-hybridized carbons (Fsp3) is 0.480. The van der Waals surface area contributed by atoms with Crippen molar-refractivity contribution in [2.24, 2.45) is 0 Å². The zero-order valence-electron chi connectivity index (χ0n) is 19.2. The van der Waals surface area contributed by atoms with E-state index in [1.54, 1.807) is 12.1 Å². The van der Waals surface area contributed by atoms with E-state index in [1.807, 2.05) is 4.90 Å². The van der Waals surface area contributed by atoms with Gasteiger partial charge in [-0.1, -0.05) is 12.1 Å². The number of hydrogen-bond donors (Lipinski definition) is 1. The quantitative estimate of drug-likeness (QED) is 0.646. The number of hydrogen-bond acceptors (Lipinski definition) is 6. The van der Waals surface area contributed by atoms with Gasteiger partial charge in [-0.3, -0.25) is 9.69 Å². The van der Waals surface area contributed by atoms with E-state index in [1.165, 1.54) is 23.3 Å². The molecule has 5 rings (SSSR count). The Kier molecular flexibility index (Phi) is 6.87. The molecule has 3 aliphatic heterocycles. The predicted molar refractivity (Wildman–Crippen MR) is 127 cm³/mol. The molecular formula is C25H31N3O5S. The lowest BCUT2D eigenvalue weighted by Gasteiger charge is -2.35. The molecule has 0 unspecified atom stereocenters. The van der Waals surface area contributed by atoms with E-state index < -0.39 is 10.0 Å². The van der Waals surface area contributed by atoms with Crippen molar-refractivity contribution in [2.45, 2.75) is 36.8 Å². The summed E-state index contributed by atoms with van der Waals surface area (Å²) in [5, 5.41) is 0. The van der Waals surface area contributed by atoms with Gasteiger partial charge in [0.15, 0.2) is 0 Å². The van der Waals surface area contributed by atoms with E-state index in [0.717, 1.165) is 51.3 Å². The summed E-state index contributed by atoms with van der Waals surface area (Å²) in [4.78, 5) is 17.3. The summed E-state index contributed by atoms with van der Waals surface area (Å²) in [6.07, 6.45) is 2.73. The van der Waals surface area contributed by atoms with Gasteiger partial charge in [0.2, 0.25) is 10.0 Å². The van der Waals surface area contributed by atoms with Crippen molar-refractivity contribution in [3.8, 4) is 5.75 Å². The van der Waals surface area contributed by atoms with Gasteiger partial charge in [-0.2, -0.15) is 0 Å². The first-order valence-corrected chi connectivity index (χ1v) is 13.4. The Morgan fingerprint density at radius 3 is 2.56 bits per heavy atom. The fourth-order valence-electron chi connectivity index (χ4n) is 4.76. The van der Waals surface area contributed by atoms with Crippen LogP contribution in [-0.4, -0.2) is 76.2 Å². The Morgan fingerprint density at radius 1 is 1.03 bits per heavy atom. The van der Waals surface area contributed by atoms with E-state index >= 15 is 0 Å². The zero-order valence-corrected chi connectivity index (χ0v) is 20.1. The summed E-state index contributed by atoms with van der Waals surface area (Å²) in [6.45, 7) is 5.48. The standard InChI is InChI=1S/C25H31N3O5S/c29-25(20-4-6-23(7-5-20)34(30,31)26-17-22-2-1-14-32-22)28-12-10-27(11-13-28)18-19-3-8-24-21(16-19)9-15-33-24/h3-8,16,22,26H,1-2,9-15,17-18H2/t22-/m0/s1. The smallest absolute Gasteiger partial charge is 0.253 e. The van der Waals surface area contributed by atoms with Gasteiger partial charge in [0.1, 0.15) is 5.75 Å². The monoisotopic (exact) mass is 485 g/mol. The number of benzene rings is 2. The van der Waals surface area contributed by atoms with Gasteiger partial charge >= 0.3 is 0 Å². The topological polar surface area (TPSA) is 88.2 Å². The molecule has 1 amide bonds. The zero-order chi connectivity index (χ0) is 23.5. The van der Waals surface area contributed by atoms with Crippen molar-refractivity contribution in [1.29, 1.82) is 0 Å². The van der Waals surface area contributed by atoms with E-state index in [2.05, 4.69) is 27.8 Å². The van der Waals surface area contributed by atoms with Crippen molar-refractivity contribution >= 4 is 15.9 Å². The molecule has 0 aliphatic carbocycles. The number of fused-ring (bicyclic) bond motifs is 1. The fourth-order valence-corrected chi connectivity index (χ4v) is 5.82. The van der Waals surface area contributed by atoms with Crippen LogP contribution in [0, 0.1) is 0 Å². The van der Waals surface area contributed by atoms with Crippen LogP contribution in [-0.2, 0) is 27.7 Å². The third-order valence-electron chi connectivity index (χ3n) is 6.76. The van der Waals surface area contributed by atoms with Crippen molar-refractivity contribution in [1.82, 2.24) is 14.5 Å². The Labute approximate surface area is 200 Å². The molecule has 9 heteroatoms. The molecule has 182 valence electrons. The molecule has 2 fully saturated rings. The lowest BCUT2D eigenvalue weighted by molar-refractivity contribution is 0.0628. The van der Waals surface area contributed by atoms with Crippen LogP contribution in [0.25, 0.3) is 0 Å². The largest absolute Gasteiger partial charge is 0.493 e. The molecular weight excluding hydrogens is 454 g/mol. The maximum Gasteiger partial charge on any atom is 0.253 e. The average molecular weight is 486 g/mol. The lowest BCUT2D eigenvalue weighted by Crippen LogP contribution is -2.48. The normalized spacial score (nSPS) is 20.8. The molecule has 0 radical (unpaired) electrons. The molecule has 0 aromatic heterocycles. The summed E-state index contributed by atoms with van der Waals surface area (Å²) in [6, 6.07) is 12.6. The molecule has 3 heterocycles. The number of nitrogens with zero attached hydrogens (tertiary/aromatic N) is 2. The number of piperazine rings is 1. The molecule has 34 heavy (non-hydrogen) atoms. The van der Waals surface area contributed by atoms with E-state index in [4.69, 9.17) is 9.47 Å². The van der Waals surface area contributed by atoms with Crippen LogP contribution in [0.5, 0.6) is 5.75 Å². The van der Waals surface area contributed by atoms with Gasteiger partial charge in [-0.05, 0) is 54.3 Å². The van der Waals surface area contributed by atoms with Crippen LogP contribution < -0.4 is 9.46 Å². The number of carbonyl (C=O) groups is 1. The first-order valence-electron chi connectivity index (χ1n) is 12.0. The highest BCUT2D eigenvalue weighted by molar-refractivity contribution is 7.89. The molecule has 2 aromatic rings. The van der Waals surface area contributed by atoms with E-state index in [0.29, 0.717) is 25.3 Å². The van der Waals surface area contributed by atoms with E-state index in [9.17, 15) is 13.2 Å². The summed E-state index contributed by atoms with van der Waals surface area (Å²) in [7, 11) is -3.63. The first kappa shape index (κ1) is 23.3. The summed E-state index contributed by atoms with van der Waals surface area (Å²) in [5.74, 6) is 0.933. The number of rotatable bonds is 7. The highest BCUT2D eigenvalue weighted by Crippen LogP contribution is 2.26. The summed E-state index contributed by atoms with van der Waals surface area (Å²) >= 11 is 0. The van der Waals surface area contributed by atoms with Crippen LogP contribution in [0.4, 0.5) is 0 Å². The Balaban J connectivity index is 1.13. The second-order valence-corrected chi connectivity index (χ2v) is 10.9. The molecule has 1 atom stereocenters. The molecule has 1 N–H and O–H groups in total. The number of ether oxygens (including phenoxy) is 2. The van der Waals surface area contributed by atoms with Crippen molar-refractivity contribution in [3.63, 3.8) is 0 Å². The van der Waals surface area contributed by atoms with Gasteiger partial charge in [-0.15, -0.1) is 0 Å². The molecule has 0 spiro atoms. The minimum absolute atomic E-state index is 0.0639. The van der Waals surface area contributed by atoms with Gasteiger partial charge in [0.05, 0.1) is 17.6 Å². The molecule has 2 aromatic carbocycles. The number of nitrogens with one attached hydrogen (secondary N) is 1. The maximum absolute atomic E-state index is 13.0. The summed E-state index contributed by atoms with van der Waals surface area (Å²) in [5.41, 5.74) is 3.05. The van der Waals surface area contributed by atoms with Gasteiger partial charge in [0, 0.05) is 57.9 Å². The van der Waals surface area contributed by atoms with Crippen molar-refractivity contribution in [2.75, 3.05) is 45.9 Å². The predicted octanol–water partition coefficient (Wildman–Crippen LogP) is 2.04. The number of amides is 1. The Morgan fingerprint density at radius 2 is 1.82 bits per heavy atom. The Bertz CT molecular complexity index is 1120. The average Bonchev–Trinajstić information content (AvgIpc) is 3.55. The van der Waals surface area contributed by atoms with Crippen molar-refractivity contribution < 1.29 is 22.7 Å². The van der Waals surface area contributed by atoms with Crippen LogP contribution in [0.2, 0.25) is 0 Å². The molecule has 0 bridgehead atoms. The Hall–Kier alpha value is -2.46. The van der Waals surface area contributed by atoms with Crippen LogP contribution >= 0.6 is 0 Å². The highest BCUT2D eigenvalue weighted by atomic mass is 32.2. The van der Waals surface area contributed by atoms with Crippen LogP contribution in [0.1, 0.15) is 34.3 Å². The van der Waals surface area contributed by atoms with Gasteiger partial charge < -0.3 is 14.4 Å². The third kappa shape index (κ3) is 5.27. The van der Waals surface area contributed by atoms with Gasteiger partial charge in [-0.25, -0.2) is 13.1 Å². The third-order valence-corrected chi connectivity index (χ3v) is 8.20. The van der Waals surface area contributed by atoms with E-state index in [-0.39, 0.29) is 23.5 Å². The molecule has 2 saturated heterocycles. The first-order chi connectivity index (χ1) is 16.5. The number of sulfonamides is 1. The van der Waals surface area contributed by atoms with Crippen molar-refractivity contribution in [3.05, 3.63) is 59.2 Å². The minimum atomic E-state index is -3.63. The van der Waals surface area contributed by atoms with Crippen LogP contribution in [0.15, 0.2) is 47.4 Å². The highest BCUT2D eigenvalue weighted by Gasteiger charge is 2.24. The molecule has 8 nitrogen and oxygen atoms in total. The lowest BCUT2D eigenvalue weighted by atomic mass is 10.1. The summed E-state index contributed by atoms with van der Waals surface area (Å²) < 4.78 is 38.8. The second kappa shape index (κ2) is 10.0. The SMILES string of the molecule is O=C(c1ccc(S(=O)(=O)NC[C@@H]2CCCO2)cc1)N1CCN(Cc2ccc3c(c2)CCO3)CC1. The van der Waals surface area contributed by atoms with Crippen LogP contribution in [0.3, 0.4) is 0 Å². The maximum atomic E-state index is 13.0. The minimum Gasteiger partial charge on any atom is -0.493 e. The molecule has 0 saturated carbocycles. The second-order valence-electron chi connectivity index (χ2n) is 9.12. The molecule has 3 aliphatic rings. The van der Waals surface area contributed by atoms with Gasteiger partial charge in [0.25, 0.3) is 5.91 Å².